The molecule has 0 aliphatic carbocycles. The molecule has 0 aromatic carbocycles. The fraction of sp³-hybridized carbons (Fsp3) is 0.636. The first kappa shape index (κ1) is 12.7. The SMILES string of the molecule is C=C(C)C(=O)OC(C(=O)O)N1CCCCC1. The first-order valence-corrected chi connectivity index (χ1v) is 5.35. The van der Waals surface area contributed by atoms with E-state index in [0.717, 1.165) is 19.3 Å². The quantitative estimate of drug-likeness (QED) is 0.573. The number of piperidine rings is 1. The Bertz CT molecular complexity index is 294. The van der Waals surface area contributed by atoms with E-state index < -0.39 is 18.2 Å². The van der Waals surface area contributed by atoms with Crippen LogP contribution in [0.5, 0.6) is 0 Å². The fourth-order valence-corrected chi connectivity index (χ4v) is 1.64. The highest BCUT2D eigenvalue weighted by Crippen LogP contribution is 2.14. The van der Waals surface area contributed by atoms with Crippen LogP contribution in [0.15, 0.2) is 12.2 Å². The number of likely N-dealkylation sites (tertiary alicyclic amines) is 1. The van der Waals surface area contributed by atoms with Gasteiger partial charge >= 0.3 is 11.9 Å². The molecule has 90 valence electrons. The Morgan fingerprint density at radius 2 is 1.88 bits per heavy atom. The number of esters is 1. The molecule has 16 heavy (non-hydrogen) atoms. The van der Waals surface area contributed by atoms with Crippen LogP contribution in [0.25, 0.3) is 0 Å². The molecule has 0 aromatic rings. The van der Waals surface area contributed by atoms with Gasteiger partial charge in [-0.1, -0.05) is 13.0 Å². The van der Waals surface area contributed by atoms with E-state index in [9.17, 15) is 9.59 Å². The zero-order valence-electron chi connectivity index (χ0n) is 9.44. The molecule has 1 aliphatic rings. The number of nitrogens with zero attached hydrogens (tertiary/aromatic N) is 1. The number of ether oxygens (including phenoxy) is 1. The standard InChI is InChI=1S/C11H17NO4/c1-8(2)11(15)16-9(10(13)14)12-6-4-3-5-7-12/h9H,1,3-7H2,2H3,(H,13,14). The van der Waals surface area contributed by atoms with Crippen LogP contribution in [0.2, 0.25) is 0 Å². The first-order valence-electron chi connectivity index (χ1n) is 5.35. The molecule has 0 aromatic heterocycles. The summed E-state index contributed by atoms with van der Waals surface area (Å²) in [4.78, 5) is 24.0. The Morgan fingerprint density at radius 1 is 1.31 bits per heavy atom. The van der Waals surface area contributed by atoms with Crippen molar-refractivity contribution in [1.82, 2.24) is 4.90 Å². The second-order valence-electron chi connectivity index (χ2n) is 3.97. The lowest BCUT2D eigenvalue weighted by Gasteiger charge is -2.31. The predicted molar refractivity (Wildman–Crippen MR) is 57.8 cm³/mol. The van der Waals surface area contributed by atoms with Crippen LogP contribution in [0.3, 0.4) is 0 Å². The van der Waals surface area contributed by atoms with E-state index in [0.29, 0.717) is 13.1 Å². The molecule has 0 bridgehead atoms. The highest BCUT2D eigenvalue weighted by molar-refractivity contribution is 5.89. The maximum Gasteiger partial charge on any atom is 0.360 e. The third-order valence-corrected chi connectivity index (χ3v) is 2.50. The molecular weight excluding hydrogens is 210 g/mol. The van der Waals surface area contributed by atoms with Crippen LogP contribution in [-0.2, 0) is 14.3 Å². The van der Waals surface area contributed by atoms with Gasteiger partial charge in [-0.25, -0.2) is 9.59 Å². The van der Waals surface area contributed by atoms with Crippen molar-refractivity contribution in [2.45, 2.75) is 32.4 Å². The summed E-state index contributed by atoms with van der Waals surface area (Å²) in [5.74, 6) is -1.78. The van der Waals surface area contributed by atoms with Crippen LogP contribution in [0.4, 0.5) is 0 Å². The molecule has 5 nitrogen and oxygen atoms in total. The van der Waals surface area contributed by atoms with Gasteiger partial charge in [-0.3, -0.25) is 4.90 Å². The molecule has 0 saturated carbocycles. The Hall–Kier alpha value is -1.36. The van der Waals surface area contributed by atoms with Crippen molar-refractivity contribution in [3.8, 4) is 0 Å². The van der Waals surface area contributed by atoms with E-state index in [2.05, 4.69) is 6.58 Å². The fourth-order valence-electron chi connectivity index (χ4n) is 1.64. The Balaban J connectivity index is 2.63. The Labute approximate surface area is 94.7 Å². The zero-order valence-corrected chi connectivity index (χ0v) is 9.44. The minimum absolute atomic E-state index is 0.211. The average molecular weight is 227 g/mol. The molecule has 1 atom stereocenters. The smallest absolute Gasteiger partial charge is 0.360 e. The summed E-state index contributed by atoms with van der Waals surface area (Å²) >= 11 is 0. The lowest BCUT2D eigenvalue weighted by atomic mass is 10.1. The van der Waals surface area contributed by atoms with Crippen molar-refractivity contribution in [3.63, 3.8) is 0 Å². The van der Waals surface area contributed by atoms with Crippen molar-refractivity contribution < 1.29 is 19.4 Å². The van der Waals surface area contributed by atoms with Gasteiger partial charge in [0.1, 0.15) is 0 Å². The van der Waals surface area contributed by atoms with Crippen LogP contribution in [0, 0.1) is 0 Å². The van der Waals surface area contributed by atoms with E-state index in [-0.39, 0.29) is 5.57 Å². The molecule has 0 spiro atoms. The van der Waals surface area contributed by atoms with Gasteiger partial charge in [-0.2, -0.15) is 0 Å². The number of hydrogen-bond donors (Lipinski definition) is 1. The van der Waals surface area contributed by atoms with E-state index in [1.807, 2.05) is 0 Å². The highest BCUT2D eigenvalue weighted by atomic mass is 16.6. The van der Waals surface area contributed by atoms with Crippen LogP contribution >= 0.6 is 0 Å². The van der Waals surface area contributed by atoms with Gasteiger partial charge < -0.3 is 9.84 Å². The predicted octanol–water partition coefficient (Wildman–Crippen LogP) is 1.00. The molecule has 1 fully saturated rings. The Kier molecular flexibility index (Phi) is 4.49. The third kappa shape index (κ3) is 3.34. The number of aliphatic carboxylic acids is 1. The lowest BCUT2D eigenvalue weighted by molar-refractivity contribution is -0.175. The summed E-state index contributed by atoms with van der Waals surface area (Å²) in [6, 6.07) is 0. The monoisotopic (exact) mass is 227 g/mol. The molecule has 5 heteroatoms. The molecule has 1 rings (SSSR count). The number of rotatable bonds is 4. The minimum atomic E-state index is -1.18. The van der Waals surface area contributed by atoms with Crippen molar-refractivity contribution in [3.05, 3.63) is 12.2 Å². The van der Waals surface area contributed by atoms with E-state index in [4.69, 9.17) is 9.84 Å². The van der Waals surface area contributed by atoms with Crippen LogP contribution in [-0.4, -0.2) is 41.3 Å². The van der Waals surface area contributed by atoms with Crippen molar-refractivity contribution in [1.29, 1.82) is 0 Å². The maximum atomic E-state index is 11.3. The van der Waals surface area contributed by atoms with Gasteiger partial charge in [0.25, 0.3) is 6.23 Å². The van der Waals surface area contributed by atoms with Gasteiger partial charge in [0, 0.05) is 18.7 Å². The molecule has 0 amide bonds. The second kappa shape index (κ2) is 5.65. The normalized spacial score (nSPS) is 18.8. The Morgan fingerprint density at radius 3 is 2.31 bits per heavy atom. The molecule has 1 saturated heterocycles. The van der Waals surface area contributed by atoms with Gasteiger partial charge in [-0.15, -0.1) is 0 Å². The number of carbonyl (C=O) groups is 2. The lowest BCUT2D eigenvalue weighted by Crippen LogP contribution is -2.46. The van der Waals surface area contributed by atoms with Crippen molar-refractivity contribution >= 4 is 11.9 Å². The van der Waals surface area contributed by atoms with E-state index >= 15 is 0 Å². The molecule has 1 heterocycles. The minimum Gasteiger partial charge on any atom is -0.477 e. The largest absolute Gasteiger partial charge is 0.477 e. The number of carboxylic acids is 1. The molecule has 0 radical (unpaired) electrons. The average Bonchev–Trinajstić information content (AvgIpc) is 2.26. The van der Waals surface area contributed by atoms with Crippen LogP contribution in [0.1, 0.15) is 26.2 Å². The topological polar surface area (TPSA) is 66.8 Å². The summed E-state index contributed by atoms with van der Waals surface area (Å²) in [5, 5.41) is 9.01. The molecular formula is C11H17NO4. The van der Waals surface area contributed by atoms with Crippen molar-refractivity contribution in [2.75, 3.05) is 13.1 Å². The van der Waals surface area contributed by atoms with Gasteiger partial charge in [0.05, 0.1) is 0 Å². The summed E-state index contributed by atoms with van der Waals surface area (Å²) in [5.41, 5.74) is 0.211. The second-order valence-corrected chi connectivity index (χ2v) is 3.97. The summed E-state index contributed by atoms with van der Waals surface area (Å²) in [6.07, 6.45) is 1.80. The van der Waals surface area contributed by atoms with Gasteiger partial charge in [-0.05, 0) is 19.8 Å². The third-order valence-electron chi connectivity index (χ3n) is 2.50. The highest BCUT2D eigenvalue weighted by Gasteiger charge is 2.30. The molecule has 1 N–H and O–H groups in total. The van der Waals surface area contributed by atoms with E-state index in [1.165, 1.54) is 6.92 Å². The number of carboxylic acid groups (broad SMARTS) is 1. The van der Waals surface area contributed by atoms with Gasteiger partial charge in [0.15, 0.2) is 0 Å². The number of hydrogen-bond acceptors (Lipinski definition) is 4. The zero-order chi connectivity index (χ0) is 12.1. The van der Waals surface area contributed by atoms with Crippen LogP contribution < -0.4 is 0 Å². The molecule has 1 aliphatic heterocycles. The van der Waals surface area contributed by atoms with Gasteiger partial charge in [0.2, 0.25) is 0 Å². The first-order chi connectivity index (χ1) is 7.52. The number of carbonyl (C=O) groups excluding carboxylic acids is 1. The summed E-state index contributed by atoms with van der Waals surface area (Å²) < 4.78 is 4.90. The van der Waals surface area contributed by atoms with Crippen molar-refractivity contribution in [2.24, 2.45) is 0 Å². The summed E-state index contributed by atoms with van der Waals surface area (Å²) in [6.45, 7) is 6.23. The van der Waals surface area contributed by atoms with E-state index in [1.54, 1.807) is 4.90 Å². The maximum absolute atomic E-state index is 11.3. The molecule has 1 unspecified atom stereocenters. The summed E-state index contributed by atoms with van der Waals surface area (Å²) in [7, 11) is 0.